The lowest BCUT2D eigenvalue weighted by Gasteiger charge is -2.32. The number of para-hydroxylation sites is 2. The van der Waals surface area contributed by atoms with Crippen molar-refractivity contribution in [2.75, 3.05) is 26.2 Å². The molecule has 174 valence electrons. The first-order chi connectivity index (χ1) is 16.0. The van der Waals surface area contributed by atoms with Gasteiger partial charge in [0.25, 0.3) is 0 Å². The van der Waals surface area contributed by atoms with Crippen molar-refractivity contribution in [3.8, 4) is 0 Å². The van der Waals surface area contributed by atoms with Gasteiger partial charge >= 0.3 is 11.1 Å². The molecule has 0 unspecified atom stereocenters. The summed E-state index contributed by atoms with van der Waals surface area (Å²) in [5.41, 5.74) is 1.58. The summed E-state index contributed by atoms with van der Waals surface area (Å²) in [6, 6.07) is 17.9. The third-order valence-corrected chi connectivity index (χ3v) is 6.65. The van der Waals surface area contributed by atoms with Gasteiger partial charge < -0.3 is 19.4 Å². The van der Waals surface area contributed by atoms with Crippen LogP contribution >= 0.6 is 0 Å². The predicted molar refractivity (Wildman–Crippen MR) is 130 cm³/mol. The van der Waals surface area contributed by atoms with E-state index in [9.17, 15) is 14.4 Å². The molecule has 33 heavy (non-hydrogen) atoms. The molecule has 1 amide bonds. The van der Waals surface area contributed by atoms with Crippen LogP contribution in [-0.4, -0.2) is 46.1 Å². The van der Waals surface area contributed by atoms with Crippen LogP contribution in [0.25, 0.3) is 11.0 Å². The normalized spacial score (nSPS) is 15.1. The number of amides is 1. The number of carbonyl (C=O) groups is 1. The fourth-order valence-electron chi connectivity index (χ4n) is 4.69. The molecular weight excluding hydrogens is 416 g/mol. The van der Waals surface area contributed by atoms with Gasteiger partial charge in [-0.25, -0.2) is 0 Å². The molecule has 0 saturated carbocycles. The van der Waals surface area contributed by atoms with Crippen molar-refractivity contribution < 1.29 is 4.79 Å². The smallest absolute Gasteiger partial charge is 0.316 e. The number of nitrogens with zero attached hydrogens (tertiary/aromatic N) is 3. The lowest BCUT2D eigenvalue weighted by molar-refractivity contribution is -0.121. The second kappa shape index (κ2) is 10.6. The number of hydrogen-bond acceptors (Lipinski definition) is 4. The minimum atomic E-state index is -0.595. The minimum absolute atomic E-state index is 0.106. The molecule has 7 nitrogen and oxygen atoms in total. The molecule has 0 atom stereocenters. The second-order valence-electron chi connectivity index (χ2n) is 8.88. The van der Waals surface area contributed by atoms with Crippen LogP contribution in [0.3, 0.4) is 0 Å². The van der Waals surface area contributed by atoms with Gasteiger partial charge in [0.05, 0.1) is 11.0 Å². The van der Waals surface area contributed by atoms with Crippen molar-refractivity contribution in [2.24, 2.45) is 13.0 Å². The van der Waals surface area contributed by atoms with Gasteiger partial charge in [0, 0.05) is 33.1 Å². The van der Waals surface area contributed by atoms with Gasteiger partial charge in [-0.2, -0.15) is 0 Å². The highest BCUT2D eigenvalue weighted by molar-refractivity contribution is 5.77. The Hall–Kier alpha value is -3.19. The SMILES string of the molecule is Cn1c(=O)c(=O)n(CCC(=O)NCCN2CCC(Cc3ccccc3)CC2)c2ccccc21. The fourth-order valence-corrected chi connectivity index (χ4v) is 4.69. The zero-order chi connectivity index (χ0) is 23.2. The number of piperidine rings is 1. The number of carbonyl (C=O) groups excluding carboxylic acids is 1. The third-order valence-electron chi connectivity index (χ3n) is 6.65. The molecule has 1 saturated heterocycles. The van der Waals surface area contributed by atoms with Crippen LogP contribution in [0.2, 0.25) is 0 Å². The van der Waals surface area contributed by atoms with Gasteiger partial charge in [0.1, 0.15) is 0 Å². The number of aromatic nitrogens is 2. The van der Waals surface area contributed by atoms with E-state index in [2.05, 4.69) is 40.5 Å². The quantitative estimate of drug-likeness (QED) is 0.536. The van der Waals surface area contributed by atoms with Crippen LogP contribution in [0, 0.1) is 5.92 Å². The van der Waals surface area contributed by atoms with Crippen molar-refractivity contribution >= 4 is 16.9 Å². The van der Waals surface area contributed by atoms with Gasteiger partial charge in [-0.05, 0) is 56.0 Å². The summed E-state index contributed by atoms with van der Waals surface area (Å²) in [5, 5.41) is 2.97. The molecule has 1 fully saturated rings. The zero-order valence-electron chi connectivity index (χ0n) is 19.2. The maximum atomic E-state index is 12.5. The maximum absolute atomic E-state index is 12.5. The summed E-state index contributed by atoms with van der Waals surface area (Å²) in [5.74, 6) is 0.621. The number of fused-ring (bicyclic) bond motifs is 1. The van der Waals surface area contributed by atoms with E-state index < -0.39 is 11.1 Å². The molecule has 3 aromatic rings. The Balaban J connectivity index is 1.22. The Morgan fingerprint density at radius 1 is 0.909 bits per heavy atom. The molecule has 2 heterocycles. The number of aryl methyl sites for hydroxylation is 2. The highest BCUT2D eigenvalue weighted by atomic mass is 16.2. The standard InChI is InChI=1S/C26H32N4O3/c1-28-22-9-5-6-10-23(22)30(26(33)25(28)32)17-13-24(31)27-14-18-29-15-11-21(12-16-29)19-20-7-3-2-4-8-20/h2-10,21H,11-19H2,1H3,(H,27,31). The fraction of sp³-hybridized carbons (Fsp3) is 0.423. The lowest BCUT2D eigenvalue weighted by Crippen LogP contribution is -2.42. The Labute approximate surface area is 193 Å². The highest BCUT2D eigenvalue weighted by Crippen LogP contribution is 2.21. The Morgan fingerprint density at radius 3 is 2.30 bits per heavy atom. The monoisotopic (exact) mass is 448 g/mol. The first-order valence-corrected chi connectivity index (χ1v) is 11.7. The number of rotatable bonds is 8. The van der Waals surface area contributed by atoms with Crippen LogP contribution < -0.4 is 16.4 Å². The zero-order valence-corrected chi connectivity index (χ0v) is 19.2. The largest absolute Gasteiger partial charge is 0.355 e. The van der Waals surface area contributed by atoms with Gasteiger partial charge in [-0.15, -0.1) is 0 Å². The van der Waals surface area contributed by atoms with E-state index in [0.29, 0.717) is 17.6 Å². The lowest BCUT2D eigenvalue weighted by atomic mass is 9.90. The molecule has 1 N–H and O–H groups in total. The number of hydrogen-bond donors (Lipinski definition) is 1. The molecule has 2 aromatic carbocycles. The molecule has 0 spiro atoms. The van der Waals surface area contributed by atoms with Crippen LogP contribution in [0.1, 0.15) is 24.8 Å². The van der Waals surface area contributed by atoms with E-state index in [1.165, 1.54) is 27.5 Å². The molecule has 0 radical (unpaired) electrons. The Kier molecular flexibility index (Phi) is 7.40. The average Bonchev–Trinajstić information content (AvgIpc) is 2.84. The summed E-state index contributed by atoms with van der Waals surface area (Å²) in [6.07, 6.45) is 3.67. The average molecular weight is 449 g/mol. The summed E-state index contributed by atoms with van der Waals surface area (Å²) < 4.78 is 2.77. The number of benzene rings is 2. The second-order valence-corrected chi connectivity index (χ2v) is 8.88. The van der Waals surface area contributed by atoms with E-state index in [0.717, 1.165) is 32.0 Å². The van der Waals surface area contributed by atoms with Crippen molar-refractivity contribution in [2.45, 2.75) is 32.2 Å². The van der Waals surface area contributed by atoms with E-state index in [1.807, 2.05) is 12.1 Å². The molecule has 7 heteroatoms. The van der Waals surface area contributed by atoms with Gasteiger partial charge in [-0.1, -0.05) is 42.5 Å². The number of likely N-dealkylation sites (tertiary alicyclic amines) is 1. The number of nitrogens with one attached hydrogen (secondary N) is 1. The minimum Gasteiger partial charge on any atom is -0.355 e. The summed E-state index contributed by atoms with van der Waals surface area (Å²) in [7, 11) is 1.59. The topological polar surface area (TPSA) is 76.3 Å². The molecule has 0 bridgehead atoms. The summed E-state index contributed by atoms with van der Waals surface area (Å²) in [4.78, 5) is 39.5. The molecule has 0 aliphatic carbocycles. The summed E-state index contributed by atoms with van der Waals surface area (Å²) in [6.45, 7) is 3.73. The molecule has 1 aromatic heterocycles. The van der Waals surface area contributed by atoms with E-state index >= 15 is 0 Å². The molecular formula is C26H32N4O3. The first kappa shape index (κ1) is 23.0. The van der Waals surface area contributed by atoms with E-state index in [-0.39, 0.29) is 18.9 Å². The predicted octanol–water partition coefficient (Wildman–Crippen LogP) is 2.16. The third kappa shape index (κ3) is 5.60. The van der Waals surface area contributed by atoms with Crippen LogP contribution in [-0.2, 0) is 24.8 Å². The van der Waals surface area contributed by atoms with Gasteiger partial charge in [0.2, 0.25) is 5.91 Å². The Bertz CT molecular complexity index is 1210. The van der Waals surface area contributed by atoms with Gasteiger partial charge in [0.15, 0.2) is 0 Å². The summed E-state index contributed by atoms with van der Waals surface area (Å²) >= 11 is 0. The van der Waals surface area contributed by atoms with Crippen molar-refractivity contribution in [1.29, 1.82) is 0 Å². The Morgan fingerprint density at radius 2 is 1.58 bits per heavy atom. The van der Waals surface area contributed by atoms with E-state index in [1.54, 1.807) is 19.2 Å². The van der Waals surface area contributed by atoms with Crippen LogP contribution in [0.4, 0.5) is 0 Å². The van der Waals surface area contributed by atoms with Crippen molar-refractivity contribution in [3.05, 3.63) is 80.9 Å². The van der Waals surface area contributed by atoms with E-state index in [4.69, 9.17) is 0 Å². The van der Waals surface area contributed by atoms with Crippen LogP contribution in [0.15, 0.2) is 64.2 Å². The molecule has 1 aliphatic heterocycles. The first-order valence-electron chi connectivity index (χ1n) is 11.7. The maximum Gasteiger partial charge on any atom is 0.316 e. The van der Waals surface area contributed by atoms with Crippen molar-refractivity contribution in [1.82, 2.24) is 19.4 Å². The highest BCUT2D eigenvalue weighted by Gasteiger charge is 2.19. The van der Waals surface area contributed by atoms with Crippen LogP contribution in [0.5, 0.6) is 0 Å². The molecule has 4 rings (SSSR count). The van der Waals surface area contributed by atoms with Crippen molar-refractivity contribution in [3.63, 3.8) is 0 Å². The van der Waals surface area contributed by atoms with Gasteiger partial charge in [-0.3, -0.25) is 14.4 Å². The molecule has 1 aliphatic rings.